The summed E-state index contributed by atoms with van der Waals surface area (Å²) >= 11 is 1.29. The van der Waals surface area contributed by atoms with E-state index in [4.69, 9.17) is 10.5 Å². The van der Waals surface area contributed by atoms with Gasteiger partial charge in [-0.2, -0.15) is 0 Å². The summed E-state index contributed by atoms with van der Waals surface area (Å²) in [6.45, 7) is 0.628. The third kappa shape index (κ3) is 2.15. The SMILES string of the molecule is COc1c(N2CC(O)C(O)C2)sc(C(=O)C2CC2)c1N. The minimum Gasteiger partial charge on any atom is -0.492 e. The van der Waals surface area contributed by atoms with Crippen molar-refractivity contribution in [3.63, 3.8) is 0 Å². The first kappa shape index (κ1) is 13.7. The first-order valence-corrected chi connectivity index (χ1v) is 7.46. The van der Waals surface area contributed by atoms with Crippen LogP contribution in [-0.4, -0.2) is 48.4 Å². The lowest BCUT2D eigenvalue weighted by molar-refractivity contribution is 0.0572. The molecule has 4 N–H and O–H groups in total. The van der Waals surface area contributed by atoms with Crippen molar-refractivity contribution in [1.29, 1.82) is 0 Å². The molecule has 110 valence electrons. The van der Waals surface area contributed by atoms with E-state index < -0.39 is 12.2 Å². The van der Waals surface area contributed by atoms with Crippen molar-refractivity contribution < 1.29 is 19.7 Å². The van der Waals surface area contributed by atoms with E-state index in [-0.39, 0.29) is 11.7 Å². The first-order chi connectivity index (χ1) is 9.52. The molecule has 0 spiro atoms. The molecule has 1 aromatic rings. The number of aliphatic hydroxyl groups is 2. The second-order valence-electron chi connectivity index (χ2n) is 5.36. The van der Waals surface area contributed by atoms with Crippen LogP contribution >= 0.6 is 11.3 Å². The molecule has 0 bridgehead atoms. The number of thiophene rings is 1. The van der Waals surface area contributed by atoms with Gasteiger partial charge in [0.15, 0.2) is 11.5 Å². The number of Topliss-reactive ketones (excluding diaryl/α,β-unsaturated/α-hetero) is 1. The third-order valence-electron chi connectivity index (χ3n) is 3.80. The van der Waals surface area contributed by atoms with Gasteiger partial charge in [0.1, 0.15) is 5.00 Å². The molecule has 0 aromatic carbocycles. The van der Waals surface area contributed by atoms with Crippen LogP contribution in [0.15, 0.2) is 0 Å². The molecule has 3 rings (SSSR count). The third-order valence-corrected chi connectivity index (χ3v) is 5.07. The lowest BCUT2D eigenvalue weighted by Gasteiger charge is -2.16. The molecule has 6 nitrogen and oxygen atoms in total. The van der Waals surface area contributed by atoms with E-state index >= 15 is 0 Å². The molecule has 1 aliphatic carbocycles. The van der Waals surface area contributed by atoms with Crippen molar-refractivity contribution in [2.45, 2.75) is 25.0 Å². The standard InChI is InChI=1S/C13H18N2O4S/c1-19-11-9(14)12(10(18)6-2-3-6)20-13(11)15-4-7(16)8(17)5-15/h6-8,16-17H,2-5,14H2,1H3. The molecule has 2 atom stereocenters. The molecule has 1 saturated carbocycles. The van der Waals surface area contributed by atoms with Crippen LogP contribution in [0.5, 0.6) is 5.75 Å². The van der Waals surface area contributed by atoms with E-state index in [1.807, 2.05) is 4.90 Å². The molecule has 1 saturated heterocycles. The summed E-state index contributed by atoms with van der Waals surface area (Å²) in [6, 6.07) is 0. The van der Waals surface area contributed by atoms with Gasteiger partial charge in [-0.25, -0.2) is 0 Å². The van der Waals surface area contributed by atoms with E-state index in [1.54, 1.807) is 0 Å². The maximum Gasteiger partial charge on any atom is 0.178 e. The number of carbonyl (C=O) groups excluding carboxylic acids is 1. The predicted octanol–water partition coefficient (Wildman–Crippen LogP) is 0.473. The maximum atomic E-state index is 12.2. The van der Waals surface area contributed by atoms with Gasteiger partial charge in [-0.15, -0.1) is 11.3 Å². The average molecular weight is 298 g/mol. The Hall–Kier alpha value is -1.31. The van der Waals surface area contributed by atoms with Crippen LogP contribution in [0.4, 0.5) is 10.7 Å². The quantitative estimate of drug-likeness (QED) is 0.700. The average Bonchev–Trinajstić information content (AvgIpc) is 3.14. The predicted molar refractivity (Wildman–Crippen MR) is 76.6 cm³/mol. The summed E-state index contributed by atoms with van der Waals surface area (Å²) in [5.41, 5.74) is 6.41. The topological polar surface area (TPSA) is 96.0 Å². The zero-order valence-electron chi connectivity index (χ0n) is 11.2. The lowest BCUT2D eigenvalue weighted by atomic mass is 10.2. The minimum absolute atomic E-state index is 0.0809. The smallest absolute Gasteiger partial charge is 0.178 e. The van der Waals surface area contributed by atoms with Gasteiger partial charge in [0.05, 0.1) is 29.9 Å². The van der Waals surface area contributed by atoms with Crippen molar-refractivity contribution in [2.75, 3.05) is 30.8 Å². The molecule has 1 aromatic heterocycles. The zero-order chi connectivity index (χ0) is 14.4. The number of ether oxygens (including phenoxy) is 1. The Bertz CT molecular complexity index is 531. The van der Waals surface area contributed by atoms with Crippen LogP contribution in [0.3, 0.4) is 0 Å². The number of methoxy groups -OCH3 is 1. The molecule has 20 heavy (non-hydrogen) atoms. The Labute approximate surface area is 120 Å². The Balaban J connectivity index is 1.94. The van der Waals surface area contributed by atoms with Crippen LogP contribution in [0.2, 0.25) is 0 Å². The second-order valence-corrected chi connectivity index (χ2v) is 6.36. The number of β-amino-alcohol motifs (C(OH)–C–C–N with tert-alkyl or cyclic N) is 2. The van der Waals surface area contributed by atoms with Crippen molar-refractivity contribution >= 4 is 27.8 Å². The molecular weight excluding hydrogens is 280 g/mol. The van der Waals surface area contributed by atoms with Gasteiger partial charge in [-0.3, -0.25) is 4.79 Å². The Kier molecular flexibility index (Phi) is 3.35. The van der Waals surface area contributed by atoms with Crippen LogP contribution < -0.4 is 15.4 Å². The highest BCUT2D eigenvalue weighted by molar-refractivity contribution is 7.19. The molecule has 0 amide bonds. The van der Waals surface area contributed by atoms with Crippen molar-refractivity contribution in [3.05, 3.63) is 4.88 Å². The van der Waals surface area contributed by atoms with Crippen LogP contribution in [0.25, 0.3) is 0 Å². The van der Waals surface area contributed by atoms with Gasteiger partial charge >= 0.3 is 0 Å². The highest BCUT2D eigenvalue weighted by atomic mass is 32.1. The Morgan fingerprint density at radius 3 is 2.45 bits per heavy atom. The molecule has 2 unspecified atom stereocenters. The van der Waals surface area contributed by atoms with E-state index in [2.05, 4.69) is 0 Å². The highest BCUT2D eigenvalue weighted by Gasteiger charge is 2.37. The van der Waals surface area contributed by atoms with Gasteiger partial charge in [0.2, 0.25) is 0 Å². The number of anilines is 2. The Morgan fingerprint density at radius 1 is 1.35 bits per heavy atom. The highest BCUT2D eigenvalue weighted by Crippen LogP contribution is 2.48. The number of rotatable bonds is 4. The van der Waals surface area contributed by atoms with Crippen LogP contribution in [0, 0.1) is 5.92 Å². The fourth-order valence-corrected chi connectivity index (χ4v) is 3.70. The maximum absolute atomic E-state index is 12.2. The van der Waals surface area contributed by atoms with Crippen molar-refractivity contribution in [2.24, 2.45) is 5.92 Å². The van der Waals surface area contributed by atoms with Gasteiger partial charge < -0.3 is 25.6 Å². The fourth-order valence-electron chi connectivity index (χ4n) is 2.47. The molecule has 2 heterocycles. The molecular formula is C13H18N2O4S. The van der Waals surface area contributed by atoms with Crippen LogP contribution in [0.1, 0.15) is 22.5 Å². The second kappa shape index (κ2) is 4.91. The lowest BCUT2D eigenvalue weighted by Crippen LogP contribution is -2.22. The zero-order valence-corrected chi connectivity index (χ0v) is 12.0. The fraction of sp³-hybridized carbons (Fsp3) is 0.615. The van der Waals surface area contributed by atoms with Gasteiger partial charge in [-0.05, 0) is 12.8 Å². The number of nitrogens with zero attached hydrogens (tertiary/aromatic N) is 1. The van der Waals surface area contributed by atoms with E-state index in [0.717, 1.165) is 12.8 Å². The van der Waals surface area contributed by atoms with Gasteiger partial charge in [-0.1, -0.05) is 0 Å². The van der Waals surface area contributed by atoms with Crippen molar-refractivity contribution in [3.8, 4) is 5.75 Å². The summed E-state index contributed by atoms with van der Waals surface area (Å²) in [5.74, 6) is 0.654. The van der Waals surface area contributed by atoms with Crippen LogP contribution in [-0.2, 0) is 0 Å². The number of nitrogen functional groups attached to an aromatic ring is 1. The van der Waals surface area contributed by atoms with Crippen molar-refractivity contribution in [1.82, 2.24) is 0 Å². The Morgan fingerprint density at radius 2 is 1.95 bits per heavy atom. The molecule has 0 radical (unpaired) electrons. The van der Waals surface area contributed by atoms with E-state index in [9.17, 15) is 15.0 Å². The van der Waals surface area contributed by atoms with Gasteiger partial charge in [0.25, 0.3) is 0 Å². The largest absolute Gasteiger partial charge is 0.492 e. The van der Waals surface area contributed by atoms with E-state index in [0.29, 0.717) is 34.4 Å². The summed E-state index contributed by atoms with van der Waals surface area (Å²) in [5, 5.41) is 20.0. The number of nitrogens with two attached hydrogens (primary N) is 1. The number of aliphatic hydroxyl groups excluding tert-OH is 2. The number of hydrogen-bond acceptors (Lipinski definition) is 7. The summed E-state index contributed by atoms with van der Waals surface area (Å²) in [7, 11) is 1.51. The monoisotopic (exact) mass is 298 g/mol. The molecule has 1 aliphatic heterocycles. The molecule has 2 fully saturated rings. The summed E-state index contributed by atoms with van der Waals surface area (Å²) in [4.78, 5) is 14.6. The summed E-state index contributed by atoms with van der Waals surface area (Å²) < 4.78 is 5.32. The molecule has 7 heteroatoms. The normalized spacial score (nSPS) is 26.1. The minimum atomic E-state index is -0.786. The van der Waals surface area contributed by atoms with Gasteiger partial charge in [0, 0.05) is 19.0 Å². The summed E-state index contributed by atoms with van der Waals surface area (Å²) in [6.07, 6.45) is 0.278. The molecule has 2 aliphatic rings. The number of hydrogen-bond donors (Lipinski definition) is 3. The number of ketones is 1. The number of carbonyl (C=O) groups is 1. The first-order valence-electron chi connectivity index (χ1n) is 6.64. The van der Waals surface area contributed by atoms with E-state index in [1.165, 1.54) is 18.4 Å².